The first-order chi connectivity index (χ1) is 13.5. The molecule has 1 N–H and O–H groups in total. The Morgan fingerprint density at radius 1 is 1.25 bits per heavy atom. The standard InChI is InChI=1S/C19H19N5O4/c1-13-12-28-11-10-22(13)15-7-5-14(6-8-15)20-18-17(24(26)27)19(25)23-9-3-2-4-16(23)21-18/h2-9,13,20H,10-12H2,1H3. The zero-order valence-electron chi connectivity index (χ0n) is 15.2. The van der Waals surface area contributed by atoms with Crippen LogP contribution < -0.4 is 15.8 Å². The Balaban J connectivity index is 1.67. The lowest BCUT2D eigenvalue weighted by molar-refractivity contribution is -0.385. The van der Waals surface area contributed by atoms with E-state index in [4.69, 9.17) is 4.74 Å². The summed E-state index contributed by atoms with van der Waals surface area (Å²) in [6.45, 7) is 4.27. The molecular weight excluding hydrogens is 362 g/mol. The predicted octanol–water partition coefficient (Wildman–Crippen LogP) is 2.57. The van der Waals surface area contributed by atoms with Crippen LogP contribution in [0.4, 0.5) is 22.9 Å². The highest BCUT2D eigenvalue weighted by atomic mass is 16.6. The summed E-state index contributed by atoms with van der Waals surface area (Å²) in [6.07, 6.45) is 1.46. The van der Waals surface area contributed by atoms with Gasteiger partial charge in [-0.1, -0.05) is 6.07 Å². The first kappa shape index (κ1) is 17.9. The average Bonchev–Trinajstić information content (AvgIpc) is 2.69. The molecule has 9 nitrogen and oxygen atoms in total. The third kappa shape index (κ3) is 3.27. The summed E-state index contributed by atoms with van der Waals surface area (Å²) in [5.41, 5.74) is 0.674. The SMILES string of the molecule is CC1COCCN1c1ccc(Nc2nc3ccccn3c(=O)c2[N+](=O)[O-])cc1. The summed E-state index contributed by atoms with van der Waals surface area (Å²) in [6, 6.07) is 12.7. The van der Waals surface area contributed by atoms with Gasteiger partial charge in [-0.25, -0.2) is 4.98 Å². The van der Waals surface area contributed by atoms with Gasteiger partial charge in [0.2, 0.25) is 5.82 Å². The quantitative estimate of drug-likeness (QED) is 0.547. The van der Waals surface area contributed by atoms with E-state index < -0.39 is 16.2 Å². The largest absolute Gasteiger partial charge is 0.377 e. The lowest BCUT2D eigenvalue weighted by Crippen LogP contribution is -2.43. The minimum Gasteiger partial charge on any atom is -0.377 e. The van der Waals surface area contributed by atoms with E-state index in [1.807, 2.05) is 24.3 Å². The van der Waals surface area contributed by atoms with Crippen LogP contribution in [0.2, 0.25) is 0 Å². The topological polar surface area (TPSA) is 102 Å². The number of anilines is 3. The van der Waals surface area contributed by atoms with Gasteiger partial charge in [0.1, 0.15) is 5.65 Å². The molecule has 1 unspecified atom stereocenters. The lowest BCUT2D eigenvalue weighted by Gasteiger charge is -2.35. The van der Waals surface area contributed by atoms with Crippen LogP contribution in [-0.4, -0.2) is 40.1 Å². The van der Waals surface area contributed by atoms with Gasteiger partial charge in [0.05, 0.1) is 18.1 Å². The van der Waals surface area contributed by atoms with E-state index in [0.717, 1.165) is 16.6 Å². The Hall–Kier alpha value is -3.46. The Labute approximate surface area is 160 Å². The smallest absolute Gasteiger partial charge is 0.376 e. The summed E-state index contributed by atoms with van der Waals surface area (Å²) in [5.74, 6) is -0.0753. The van der Waals surface area contributed by atoms with Gasteiger partial charge >= 0.3 is 11.2 Å². The van der Waals surface area contributed by atoms with Crippen LogP contribution in [0.1, 0.15) is 6.92 Å². The van der Waals surface area contributed by atoms with Crippen LogP contribution in [-0.2, 0) is 4.74 Å². The van der Waals surface area contributed by atoms with Crippen molar-refractivity contribution in [2.75, 3.05) is 30.0 Å². The molecule has 1 aromatic carbocycles. The van der Waals surface area contributed by atoms with Crippen LogP contribution in [0, 0.1) is 10.1 Å². The van der Waals surface area contributed by atoms with Crippen LogP contribution in [0.3, 0.4) is 0 Å². The maximum atomic E-state index is 12.5. The summed E-state index contributed by atoms with van der Waals surface area (Å²) < 4.78 is 6.62. The molecule has 1 fully saturated rings. The highest BCUT2D eigenvalue weighted by Gasteiger charge is 2.24. The number of nitro groups is 1. The third-order valence-electron chi connectivity index (χ3n) is 4.72. The van der Waals surface area contributed by atoms with Crippen molar-refractivity contribution in [3.63, 3.8) is 0 Å². The minimum absolute atomic E-state index is 0.0753. The molecule has 9 heteroatoms. The second kappa shape index (κ2) is 7.28. The zero-order chi connectivity index (χ0) is 19.7. The van der Waals surface area contributed by atoms with Gasteiger partial charge in [-0.2, -0.15) is 0 Å². The van der Waals surface area contributed by atoms with Crippen molar-refractivity contribution < 1.29 is 9.66 Å². The molecule has 0 amide bonds. The number of aromatic nitrogens is 2. The first-order valence-electron chi connectivity index (χ1n) is 8.92. The minimum atomic E-state index is -0.725. The Morgan fingerprint density at radius 3 is 2.75 bits per heavy atom. The van der Waals surface area contributed by atoms with Crippen molar-refractivity contribution in [1.29, 1.82) is 0 Å². The fourth-order valence-electron chi connectivity index (χ4n) is 3.32. The average molecular weight is 381 g/mol. The normalized spacial score (nSPS) is 16.9. The zero-order valence-corrected chi connectivity index (χ0v) is 15.2. The molecule has 2 aromatic heterocycles. The van der Waals surface area contributed by atoms with E-state index in [1.165, 1.54) is 6.20 Å². The molecule has 0 bridgehead atoms. The predicted molar refractivity (Wildman–Crippen MR) is 105 cm³/mol. The molecule has 0 spiro atoms. The first-order valence-corrected chi connectivity index (χ1v) is 8.92. The van der Waals surface area contributed by atoms with Gasteiger partial charge < -0.3 is 15.0 Å². The lowest BCUT2D eigenvalue weighted by atomic mass is 10.2. The van der Waals surface area contributed by atoms with E-state index in [2.05, 4.69) is 22.1 Å². The second-order valence-electron chi connectivity index (χ2n) is 6.59. The molecule has 3 heterocycles. The Morgan fingerprint density at radius 2 is 2.04 bits per heavy atom. The summed E-state index contributed by atoms with van der Waals surface area (Å²) in [7, 11) is 0. The molecule has 1 atom stereocenters. The van der Waals surface area contributed by atoms with E-state index in [-0.39, 0.29) is 11.9 Å². The van der Waals surface area contributed by atoms with E-state index >= 15 is 0 Å². The number of morpholine rings is 1. The van der Waals surface area contributed by atoms with Crippen LogP contribution >= 0.6 is 0 Å². The fourth-order valence-corrected chi connectivity index (χ4v) is 3.32. The molecule has 3 aromatic rings. The van der Waals surface area contributed by atoms with Gasteiger partial charge in [0.25, 0.3) is 0 Å². The molecule has 1 aliphatic rings. The van der Waals surface area contributed by atoms with Gasteiger partial charge in [-0.15, -0.1) is 0 Å². The molecule has 0 saturated carbocycles. The third-order valence-corrected chi connectivity index (χ3v) is 4.72. The number of pyridine rings is 1. The van der Waals surface area contributed by atoms with E-state index in [9.17, 15) is 14.9 Å². The number of nitrogens with zero attached hydrogens (tertiary/aromatic N) is 4. The number of hydrogen-bond donors (Lipinski definition) is 1. The van der Waals surface area contributed by atoms with Crippen LogP contribution in [0.25, 0.3) is 5.65 Å². The number of fused-ring (bicyclic) bond motifs is 1. The number of rotatable bonds is 4. The maximum absolute atomic E-state index is 12.5. The molecule has 1 saturated heterocycles. The molecule has 0 radical (unpaired) electrons. The van der Waals surface area contributed by atoms with Crippen LogP contribution in [0.15, 0.2) is 53.5 Å². The highest BCUT2D eigenvalue weighted by molar-refractivity contribution is 5.68. The number of ether oxygens (including phenoxy) is 1. The number of benzene rings is 1. The molecule has 0 aliphatic carbocycles. The highest BCUT2D eigenvalue weighted by Crippen LogP contribution is 2.26. The van der Waals surface area contributed by atoms with Crippen molar-refractivity contribution in [2.45, 2.75) is 13.0 Å². The number of hydrogen-bond acceptors (Lipinski definition) is 7. The van der Waals surface area contributed by atoms with Gasteiger partial charge in [-0.3, -0.25) is 19.3 Å². The van der Waals surface area contributed by atoms with Crippen molar-refractivity contribution >= 4 is 28.5 Å². The van der Waals surface area contributed by atoms with Gasteiger partial charge in [0, 0.05) is 30.2 Å². The monoisotopic (exact) mass is 381 g/mol. The Bertz CT molecular complexity index is 1080. The molecular formula is C19H19N5O4. The van der Waals surface area contributed by atoms with Crippen LogP contribution in [0.5, 0.6) is 0 Å². The summed E-state index contributed by atoms with van der Waals surface area (Å²) in [5, 5.41) is 14.4. The molecule has 1 aliphatic heterocycles. The fraction of sp³-hybridized carbons (Fsp3) is 0.263. The molecule has 28 heavy (non-hydrogen) atoms. The second-order valence-corrected chi connectivity index (χ2v) is 6.59. The molecule has 4 rings (SSSR count). The van der Waals surface area contributed by atoms with E-state index in [0.29, 0.717) is 24.5 Å². The summed E-state index contributed by atoms with van der Waals surface area (Å²) >= 11 is 0. The number of nitrogens with one attached hydrogen (secondary N) is 1. The maximum Gasteiger partial charge on any atom is 0.376 e. The summed E-state index contributed by atoms with van der Waals surface area (Å²) in [4.78, 5) is 29.8. The Kier molecular flexibility index (Phi) is 4.66. The van der Waals surface area contributed by atoms with Crippen molar-refractivity contribution in [2.24, 2.45) is 0 Å². The van der Waals surface area contributed by atoms with Crippen molar-refractivity contribution in [1.82, 2.24) is 9.38 Å². The molecule has 144 valence electrons. The van der Waals surface area contributed by atoms with Crippen molar-refractivity contribution in [3.8, 4) is 0 Å². The van der Waals surface area contributed by atoms with Gasteiger partial charge in [-0.05, 0) is 43.3 Å². The van der Waals surface area contributed by atoms with Crippen molar-refractivity contribution in [3.05, 3.63) is 69.1 Å². The van der Waals surface area contributed by atoms with E-state index in [1.54, 1.807) is 18.2 Å². The van der Waals surface area contributed by atoms with Gasteiger partial charge in [0.15, 0.2) is 0 Å².